The Hall–Kier alpha value is -1.45. The summed E-state index contributed by atoms with van der Waals surface area (Å²) < 4.78 is 62.8. The van der Waals surface area contributed by atoms with Crippen molar-refractivity contribution >= 4 is 36.9 Å². The molecule has 0 aliphatic rings. The second-order valence-electron chi connectivity index (χ2n) is 3.98. The van der Waals surface area contributed by atoms with E-state index in [9.17, 15) is 21.2 Å². The van der Waals surface area contributed by atoms with E-state index < -0.39 is 30.6 Å². The summed E-state index contributed by atoms with van der Waals surface area (Å²) in [7, 11) is -7.80. The van der Waals surface area contributed by atoms with Crippen LogP contribution in [0.25, 0.3) is 0 Å². The molecule has 0 aliphatic heterocycles. The molecule has 0 bridgehead atoms. The molecule has 0 fully saturated rings. The molecule has 9 heteroatoms. The van der Waals surface area contributed by atoms with Crippen molar-refractivity contribution in [3.05, 3.63) is 40.8 Å². The maximum Gasteiger partial charge on any atom is 0.264 e. The molecule has 0 aliphatic carbocycles. The van der Waals surface area contributed by atoms with Crippen LogP contribution in [0.1, 0.15) is 0 Å². The van der Waals surface area contributed by atoms with Gasteiger partial charge in [-0.1, -0.05) is 0 Å². The Morgan fingerprint density at radius 3 is 2.40 bits per heavy atom. The van der Waals surface area contributed by atoms with Crippen LogP contribution in [0.2, 0.25) is 0 Å². The van der Waals surface area contributed by atoms with Gasteiger partial charge in [-0.25, -0.2) is 21.2 Å². The fourth-order valence-corrected chi connectivity index (χ4v) is 3.99. The molecule has 0 unspecified atom stereocenters. The third-order valence-corrected chi connectivity index (χ3v) is 5.58. The number of sulfonamides is 1. The monoisotopic (exact) mass is 335 g/mol. The van der Waals surface area contributed by atoms with Gasteiger partial charge >= 0.3 is 0 Å². The highest BCUT2D eigenvalue weighted by Crippen LogP contribution is 2.23. The van der Waals surface area contributed by atoms with Crippen molar-refractivity contribution in [2.45, 2.75) is 9.79 Å². The normalized spacial score (nSPS) is 12.3. The molecule has 0 spiro atoms. The molecule has 20 heavy (non-hydrogen) atoms. The summed E-state index contributed by atoms with van der Waals surface area (Å²) in [6.07, 6.45) is 0.920. The van der Waals surface area contributed by atoms with Crippen LogP contribution in [0.5, 0.6) is 0 Å². The zero-order chi connectivity index (χ0) is 15.0. The predicted molar refractivity (Wildman–Crippen MR) is 74.6 cm³/mol. The molecule has 1 aromatic carbocycles. The van der Waals surface area contributed by atoms with Crippen LogP contribution in [-0.4, -0.2) is 23.1 Å². The van der Waals surface area contributed by atoms with Crippen molar-refractivity contribution in [2.24, 2.45) is 0 Å². The molecule has 1 heterocycles. The molecule has 0 saturated heterocycles. The summed E-state index contributed by atoms with van der Waals surface area (Å²) in [6.45, 7) is 0. The first-order valence-corrected chi connectivity index (χ1v) is 9.56. The van der Waals surface area contributed by atoms with E-state index in [1.165, 1.54) is 22.8 Å². The third kappa shape index (κ3) is 3.17. The van der Waals surface area contributed by atoms with Crippen LogP contribution in [0.15, 0.2) is 44.8 Å². The number of halogens is 1. The van der Waals surface area contributed by atoms with Crippen molar-refractivity contribution < 1.29 is 21.2 Å². The van der Waals surface area contributed by atoms with Crippen molar-refractivity contribution in [2.75, 3.05) is 11.0 Å². The van der Waals surface area contributed by atoms with Gasteiger partial charge in [0.25, 0.3) is 10.0 Å². The fraction of sp³-hybridized carbons (Fsp3) is 0.0909. The Balaban J connectivity index is 2.51. The smallest absolute Gasteiger partial charge is 0.264 e. The van der Waals surface area contributed by atoms with Gasteiger partial charge in [0.2, 0.25) is 0 Å². The second-order valence-corrected chi connectivity index (χ2v) is 8.43. The van der Waals surface area contributed by atoms with Gasteiger partial charge in [0.1, 0.15) is 10.7 Å². The predicted octanol–water partition coefficient (Wildman–Crippen LogP) is 2.09. The first-order valence-electron chi connectivity index (χ1n) is 5.25. The number of hydrogen-bond acceptors (Lipinski definition) is 5. The zero-order valence-electron chi connectivity index (χ0n) is 10.2. The first-order chi connectivity index (χ1) is 9.20. The van der Waals surface area contributed by atoms with E-state index in [2.05, 4.69) is 4.72 Å². The van der Waals surface area contributed by atoms with Crippen molar-refractivity contribution in [3.63, 3.8) is 0 Å². The summed E-state index contributed by atoms with van der Waals surface area (Å²) in [6, 6.07) is 4.16. The number of rotatable bonds is 4. The van der Waals surface area contributed by atoms with Crippen LogP contribution in [0.3, 0.4) is 0 Å². The molecule has 1 aromatic heterocycles. The van der Waals surface area contributed by atoms with Gasteiger partial charge in [0.15, 0.2) is 9.84 Å². The largest absolute Gasteiger partial charge is 0.279 e. The average molecular weight is 335 g/mol. The highest BCUT2D eigenvalue weighted by Gasteiger charge is 2.22. The van der Waals surface area contributed by atoms with E-state index in [1.807, 2.05) is 0 Å². The SMILES string of the molecule is CS(=O)(=O)c1ccc(F)c(S(=O)(=O)Nc2ccsc2)c1. The average Bonchev–Trinajstić information content (AvgIpc) is 2.79. The number of anilines is 1. The van der Waals surface area contributed by atoms with Crippen molar-refractivity contribution in [3.8, 4) is 0 Å². The molecule has 2 rings (SSSR count). The van der Waals surface area contributed by atoms with Crippen molar-refractivity contribution in [1.82, 2.24) is 0 Å². The van der Waals surface area contributed by atoms with Crippen LogP contribution >= 0.6 is 11.3 Å². The standard InChI is InChI=1S/C11H10FNO4S3/c1-19(14,15)9-2-3-10(12)11(6-9)20(16,17)13-8-4-5-18-7-8/h2-7,13H,1H3. The zero-order valence-corrected chi connectivity index (χ0v) is 12.6. The molecule has 0 radical (unpaired) electrons. The minimum absolute atomic E-state index is 0.260. The number of benzene rings is 1. The molecule has 2 aromatic rings. The molecule has 108 valence electrons. The molecule has 0 saturated carbocycles. The molecule has 5 nitrogen and oxygen atoms in total. The quantitative estimate of drug-likeness (QED) is 0.868. The molecular formula is C11H10FNO4S3. The summed E-state index contributed by atoms with van der Waals surface area (Å²) >= 11 is 1.27. The van der Waals surface area contributed by atoms with E-state index in [1.54, 1.807) is 5.38 Å². The Kier molecular flexibility index (Phi) is 3.85. The van der Waals surface area contributed by atoms with Gasteiger partial charge in [-0.3, -0.25) is 4.72 Å². The lowest BCUT2D eigenvalue weighted by Gasteiger charge is -2.08. The Morgan fingerprint density at radius 1 is 1.15 bits per heavy atom. The number of nitrogens with one attached hydrogen (secondary N) is 1. The highest BCUT2D eigenvalue weighted by atomic mass is 32.2. The topological polar surface area (TPSA) is 80.3 Å². The summed E-state index contributed by atoms with van der Waals surface area (Å²) in [4.78, 5) is -0.962. The lowest BCUT2D eigenvalue weighted by atomic mass is 10.3. The molecule has 1 N–H and O–H groups in total. The number of thiophene rings is 1. The van der Waals surface area contributed by atoms with Gasteiger partial charge in [-0.05, 0) is 29.6 Å². The van der Waals surface area contributed by atoms with Crippen LogP contribution in [0.4, 0.5) is 10.1 Å². The molecule has 0 amide bonds. The molecule has 0 atom stereocenters. The lowest BCUT2D eigenvalue weighted by Crippen LogP contribution is -2.15. The highest BCUT2D eigenvalue weighted by molar-refractivity contribution is 7.93. The fourth-order valence-electron chi connectivity index (χ4n) is 1.45. The first kappa shape index (κ1) is 14.9. The van der Waals surface area contributed by atoms with Crippen LogP contribution < -0.4 is 4.72 Å². The second kappa shape index (κ2) is 5.15. The Bertz CT molecular complexity index is 827. The van der Waals surface area contributed by atoms with Gasteiger partial charge < -0.3 is 0 Å². The third-order valence-electron chi connectivity index (χ3n) is 2.39. The van der Waals surface area contributed by atoms with E-state index >= 15 is 0 Å². The van der Waals surface area contributed by atoms with Gasteiger partial charge in [-0.2, -0.15) is 11.3 Å². The van der Waals surface area contributed by atoms with Crippen LogP contribution in [0, 0.1) is 5.82 Å². The Labute approximate surface area is 120 Å². The maximum absolute atomic E-state index is 13.7. The summed E-state index contributed by atoms with van der Waals surface area (Å²) in [5, 5.41) is 3.19. The summed E-state index contributed by atoms with van der Waals surface area (Å²) in [5.74, 6) is -1.01. The van der Waals surface area contributed by atoms with Crippen LogP contribution in [-0.2, 0) is 19.9 Å². The van der Waals surface area contributed by atoms with E-state index in [4.69, 9.17) is 0 Å². The minimum Gasteiger partial charge on any atom is -0.279 e. The van der Waals surface area contributed by atoms with E-state index in [-0.39, 0.29) is 4.90 Å². The molecular weight excluding hydrogens is 325 g/mol. The van der Waals surface area contributed by atoms with Gasteiger partial charge in [-0.15, -0.1) is 0 Å². The summed E-state index contributed by atoms with van der Waals surface area (Å²) in [5.41, 5.74) is 0.291. The van der Waals surface area contributed by atoms with E-state index in [0.29, 0.717) is 5.69 Å². The van der Waals surface area contributed by atoms with Crippen molar-refractivity contribution in [1.29, 1.82) is 0 Å². The number of hydrogen-bond donors (Lipinski definition) is 1. The van der Waals surface area contributed by atoms with Gasteiger partial charge in [0.05, 0.1) is 10.6 Å². The maximum atomic E-state index is 13.7. The number of sulfone groups is 1. The lowest BCUT2D eigenvalue weighted by molar-refractivity contribution is 0.567. The Morgan fingerprint density at radius 2 is 1.85 bits per heavy atom. The van der Waals surface area contributed by atoms with Gasteiger partial charge in [0, 0.05) is 11.6 Å². The van der Waals surface area contributed by atoms with E-state index in [0.717, 1.165) is 24.5 Å². The minimum atomic E-state index is -4.18.